The second-order valence-electron chi connectivity index (χ2n) is 4.64. The molecule has 8 nitrogen and oxygen atoms in total. The molecule has 0 saturated carbocycles. The van der Waals surface area contributed by atoms with Crippen molar-refractivity contribution in [2.75, 3.05) is 32.9 Å². The second kappa shape index (κ2) is 6.19. The molecule has 0 bridgehead atoms. The Morgan fingerprint density at radius 2 is 2.00 bits per heavy atom. The summed E-state index contributed by atoms with van der Waals surface area (Å²) in [5.74, 6) is 0. The summed E-state index contributed by atoms with van der Waals surface area (Å²) in [5.41, 5.74) is 0.953. The van der Waals surface area contributed by atoms with Crippen LogP contribution in [-0.4, -0.2) is 61.2 Å². The Labute approximate surface area is 118 Å². The Morgan fingerprint density at radius 1 is 1.35 bits per heavy atom. The molecule has 2 N–H and O–H groups in total. The standard InChI is InChI=1S/C11H20N4O4S/c1-9-11(10(2)15(12-9)3-6-16)20(17,18)13-14-4-7-19-8-5-14/h13,16H,3-8H2,1-2H3. The molecule has 1 fully saturated rings. The maximum Gasteiger partial charge on any atom is 0.257 e. The highest BCUT2D eigenvalue weighted by Gasteiger charge is 2.27. The fraction of sp³-hybridized carbons (Fsp3) is 0.727. The van der Waals surface area contributed by atoms with Gasteiger partial charge in [0.25, 0.3) is 10.0 Å². The molecule has 0 radical (unpaired) electrons. The maximum atomic E-state index is 12.5. The number of rotatable bonds is 5. The Morgan fingerprint density at radius 3 is 2.60 bits per heavy atom. The average molecular weight is 304 g/mol. The number of hydrogen-bond donors (Lipinski definition) is 2. The second-order valence-corrected chi connectivity index (χ2v) is 6.24. The van der Waals surface area contributed by atoms with Gasteiger partial charge in [-0.1, -0.05) is 0 Å². The van der Waals surface area contributed by atoms with E-state index in [4.69, 9.17) is 9.84 Å². The van der Waals surface area contributed by atoms with E-state index in [9.17, 15) is 8.42 Å². The van der Waals surface area contributed by atoms with E-state index < -0.39 is 10.0 Å². The average Bonchev–Trinajstić information content (AvgIpc) is 2.66. The van der Waals surface area contributed by atoms with Crippen molar-refractivity contribution >= 4 is 10.0 Å². The van der Waals surface area contributed by atoms with Gasteiger partial charge in [0.15, 0.2) is 0 Å². The molecular weight excluding hydrogens is 284 g/mol. The molecule has 1 saturated heterocycles. The highest BCUT2D eigenvalue weighted by molar-refractivity contribution is 7.89. The zero-order valence-electron chi connectivity index (χ0n) is 11.7. The molecule has 0 aliphatic carbocycles. The van der Waals surface area contributed by atoms with Crippen LogP contribution in [0.4, 0.5) is 0 Å². The van der Waals surface area contributed by atoms with Crippen LogP contribution in [0, 0.1) is 13.8 Å². The number of nitrogens with one attached hydrogen (secondary N) is 1. The SMILES string of the molecule is Cc1nn(CCO)c(C)c1S(=O)(=O)NN1CCOCC1. The molecule has 0 aromatic carbocycles. The molecule has 2 rings (SSSR count). The third kappa shape index (κ3) is 3.18. The van der Waals surface area contributed by atoms with Gasteiger partial charge in [0.05, 0.1) is 37.8 Å². The van der Waals surface area contributed by atoms with Gasteiger partial charge in [-0.15, -0.1) is 4.83 Å². The fourth-order valence-electron chi connectivity index (χ4n) is 2.25. The van der Waals surface area contributed by atoms with Gasteiger partial charge in [-0.05, 0) is 13.8 Å². The van der Waals surface area contributed by atoms with Gasteiger partial charge >= 0.3 is 0 Å². The smallest absolute Gasteiger partial charge is 0.257 e. The molecular formula is C11H20N4O4S. The third-order valence-corrected chi connectivity index (χ3v) is 4.78. The molecule has 0 amide bonds. The molecule has 114 valence electrons. The lowest BCUT2D eigenvalue weighted by atomic mass is 10.4. The van der Waals surface area contributed by atoms with Crippen LogP contribution in [0.2, 0.25) is 0 Å². The Kier molecular flexibility index (Phi) is 4.76. The molecule has 0 spiro atoms. The van der Waals surface area contributed by atoms with Gasteiger partial charge in [-0.3, -0.25) is 4.68 Å². The van der Waals surface area contributed by atoms with Crippen LogP contribution < -0.4 is 4.83 Å². The van der Waals surface area contributed by atoms with Crippen molar-refractivity contribution in [2.24, 2.45) is 0 Å². The number of aliphatic hydroxyl groups excluding tert-OH is 1. The molecule has 20 heavy (non-hydrogen) atoms. The molecule has 1 aliphatic heterocycles. The number of sulfonamides is 1. The predicted octanol–water partition coefficient (Wildman–Crippen LogP) is -0.982. The van der Waals surface area contributed by atoms with E-state index in [0.29, 0.717) is 37.7 Å². The van der Waals surface area contributed by atoms with E-state index >= 15 is 0 Å². The molecule has 9 heteroatoms. The third-order valence-electron chi connectivity index (χ3n) is 3.16. The minimum absolute atomic E-state index is 0.0850. The van der Waals surface area contributed by atoms with E-state index in [0.717, 1.165) is 0 Å². The van der Waals surface area contributed by atoms with Crippen molar-refractivity contribution < 1.29 is 18.3 Å². The number of ether oxygens (including phenoxy) is 1. The van der Waals surface area contributed by atoms with Gasteiger partial charge in [0.2, 0.25) is 0 Å². The Balaban J connectivity index is 2.24. The summed E-state index contributed by atoms with van der Waals surface area (Å²) >= 11 is 0. The highest BCUT2D eigenvalue weighted by atomic mass is 32.2. The lowest BCUT2D eigenvalue weighted by Crippen LogP contribution is -2.48. The number of hydrazine groups is 1. The van der Waals surface area contributed by atoms with Crippen LogP contribution in [0.15, 0.2) is 4.90 Å². The normalized spacial score (nSPS) is 17.6. The van der Waals surface area contributed by atoms with Crippen LogP contribution in [0.1, 0.15) is 11.4 Å². The van der Waals surface area contributed by atoms with E-state index in [1.54, 1.807) is 18.9 Å². The Bertz CT molecular complexity index is 563. The summed E-state index contributed by atoms with van der Waals surface area (Å²) in [6, 6.07) is 0. The number of aliphatic hydroxyl groups is 1. The van der Waals surface area contributed by atoms with Crippen molar-refractivity contribution in [3.05, 3.63) is 11.4 Å². The van der Waals surface area contributed by atoms with Crippen molar-refractivity contribution in [1.29, 1.82) is 0 Å². The summed E-state index contributed by atoms with van der Waals surface area (Å²) in [7, 11) is -3.66. The first kappa shape index (κ1) is 15.4. The summed E-state index contributed by atoms with van der Waals surface area (Å²) in [6.45, 7) is 5.56. The highest BCUT2D eigenvalue weighted by Crippen LogP contribution is 2.19. The fourth-order valence-corrected chi connectivity index (χ4v) is 3.79. The lowest BCUT2D eigenvalue weighted by Gasteiger charge is -2.26. The van der Waals surface area contributed by atoms with E-state index in [-0.39, 0.29) is 18.0 Å². The summed E-state index contributed by atoms with van der Waals surface area (Å²) in [6.07, 6.45) is 0. The van der Waals surface area contributed by atoms with Gasteiger partial charge in [-0.25, -0.2) is 13.4 Å². The van der Waals surface area contributed by atoms with Crippen LogP contribution in [-0.2, 0) is 21.3 Å². The Hall–Kier alpha value is -1.00. The van der Waals surface area contributed by atoms with Crippen LogP contribution >= 0.6 is 0 Å². The zero-order chi connectivity index (χ0) is 14.8. The van der Waals surface area contributed by atoms with Crippen molar-refractivity contribution in [3.8, 4) is 0 Å². The summed E-state index contributed by atoms with van der Waals surface area (Å²) in [5, 5.41) is 14.7. The van der Waals surface area contributed by atoms with E-state index in [2.05, 4.69) is 9.93 Å². The maximum absolute atomic E-state index is 12.5. The monoisotopic (exact) mass is 304 g/mol. The van der Waals surface area contributed by atoms with Gasteiger partial charge < -0.3 is 9.84 Å². The number of nitrogens with zero attached hydrogens (tertiary/aromatic N) is 3. The topological polar surface area (TPSA) is 96.7 Å². The van der Waals surface area contributed by atoms with Gasteiger partial charge in [0, 0.05) is 13.1 Å². The molecule has 0 atom stereocenters. The van der Waals surface area contributed by atoms with Gasteiger partial charge in [-0.2, -0.15) is 5.10 Å². The first-order valence-electron chi connectivity index (χ1n) is 6.45. The molecule has 1 aromatic rings. The minimum atomic E-state index is -3.66. The number of aromatic nitrogens is 2. The summed E-state index contributed by atoms with van der Waals surface area (Å²) in [4.78, 5) is 2.74. The zero-order valence-corrected chi connectivity index (χ0v) is 12.5. The number of hydrogen-bond acceptors (Lipinski definition) is 6. The van der Waals surface area contributed by atoms with Crippen molar-refractivity contribution in [2.45, 2.75) is 25.3 Å². The quantitative estimate of drug-likeness (QED) is 0.725. The predicted molar refractivity (Wildman–Crippen MR) is 71.5 cm³/mol. The lowest BCUT2D eigenvalue weighted by molar-refractivity contribution is 0.0272. The van der Waals surface area contributed by atoms with Crippen molar-refractivity contribution in [3.63, 3.8) is 0 Å². The van der Waals surface area contributed by atoms with Crippen LogP contribution in [0.25, 0.3) is 0 Å². The van der Waals surface area contributed by atoms with Crippen LogP contribution in [0.3, 0.4) is 0 Å². The first-order chi connectivity index (χ1) is 9.45. The minimum Gasteiger partial charge on any atom is -0.394 e. The number of morpholine rings is 1. The van der Waals surface area contributed by atoms with E-state index in [1.165, 1.54) is 4.68 Å². The first-order valence-corrected chi connectivity index (χ1v) is 7.94. The van der Waals surface area contributed by atoms with Crippen LogP contribution in [0.5, 0.6) is 0 Å². The number of aryl methyl sites for hydroxylation is 1. The van der Waals surface area contributed by atoms with Crippen molar-refractivity contribution in [1.82, 2.24) is 19.6 Å². The molecule has 1 aromatic heterocycles. The summed E-state index contributed by atoms with van der Waals surface area (Å²) < 4.78 is 31.6. The van der Waals surface area contributed by atoms with E-state index in [1.807, 2.05) is 0 Å². The molecule has 1 aliphatic rings. The van der Waals surface area contributed by atoms with Gasteiger partial charge in [0.1, 0.15) is 4.90 Å². The largest absolute Gasteiger partial charge is 0.394 e. The molecule has 2 heterocycles. The molecule has 0 unspecified atom stereocenters.